The second kappa shape index (κ2) is 7.77. The first-order chi connectivity index (χ1) is 11.7. The Morgan fingerprint density at radius 1 is 1.24 bits per heavy atom. The first-order valence-corrected chi connectivity index (χ1v) is 10.1. The summed E-state index contributed by atoms with van der Waals surface area (Å²) in [6, 6.07) is 10.6. The van der Waals surface area contributed by atoms with E-state index in [1.54, 1.807) is 12.1 Å². The molecule has 0 saturated heterocycles. The summed E-state index contributed by atoms with van der Waals surface area (Å²) in [4.78, 5) is 11.6. The summed E-state index contributed by atoms with van der Waals surface area (Å²) < 4.78 is 53.2. The second-order valence-electron chi connectivity index (χ2n) is 5.27. The van der Waals surface area contributed by atoms with Crippen LogP contribution >= 0.6 is 0 Å². The molecule has 25 heavy (non-hydrogen) atoms. The van der Waals surface area contributed by atoms with Gasteiger partial charge in [0.2, 0.25) is 0 Å². The molecule has 0 aliphatic carbocycles. The van der Waals surface area contributed by atoms with Crippen LogP contribution < -0.4 is 9.46 Å². The van der Waals surface area contributed by atoms with Crippen molar-refractivity contribution in [1.82, 2.24) is 0 Å². The molecule has 0 bridgehead atoms. The number of Topliss-reactive ketones (excluding diaryl/α,β-unsaturated/α-hetero) is 1. The molecule has 134 valence electrons. The molecule has 0 aliphatic rings. The zero-order valence-electron chi connectivity index (χ0n) is 13.5. The van der Waals surface area contributed by atoms with Crippen molar-refractivity contribution in [2.75, 3.05) is 11.0 Å². The molecule has 7 nitrogen and oxygen atoms in total. The van der Waals surface area contributed by atoms with Gasteiger partial charge >= 0.3 is 0 Å². The summed E-state index contributed by atoms with van der Waals surface area (Å²) in [7, 11) is -3.48. The maximum Gasteiger partial charge on any atom is 0.179 e. The number of anilines is 1. The number of hydrogen-bond donors (Lipinski definition) is 1. The van der Waals surface area contributed by atoms with Crippen LogP contribution in [0.5, 0.6) is 5.75 Å². The number of ketones is 1. The zero-order chi connectivity index (χ0) is 18.6. The first kappa shape index (κ1) is 19.1. The monoisotopic (exact) mass is 382 g/mol. The molecule has 0 heterocycles. The Morgan fingerprint density at radius 2 is 1.92 bits per heavy atom. The summed E-state index contributed by atoms with van der Waals surface area (Å²) >= 11 is -2.55. The number of nitrogens with one attached hydrogen (secondary N) is 1. The topological polar surface area (TPSA) is 113 Å². The molecule has 0 spiro atoms. The van der Waals surface area contributed by atoms with E-state index in [0.29, 0.717) is 11.1 Å². The molecule has 1 N–H and O–H groups in total. The number of rotatable bonds is 7. The van der Waals surface area contributed by atoms with Gasteiger partial charge in [-0.05, 0) is 37.3 Å². The van der Waals surface area contributed by atoms with Gasteiger partial charge in [0.05, 0.1) is 5.69 Å². The normalized spacial score (nSPS) is 12.4. The molecule has 0 amide bonds. The van der Waals surface area contributed by atoms with Crippen LogP contribution in [0.4, 0.5) is 5.69 Å². The molecule has 0 saturated carbocycles. The van der Waals surface area contributed by atoms with Crippen molar-refractivity contribution in [3.05, 3.63) is 53.6 Å². The van der Waals surface area contributed by atoms with E-state index in [-0.39, 0.29) is 28.7 Å². The van der Waals surface area contributed by atoms with E-state index < -0.39 is 21.1 Å². The summed E-state index contributed by atoms with van der Waals surface area (Å²) in [6.45, 7) is 1.27. The van der Waals surface area contributed by atoms with Crippen molar-refractivity contribution >= 4 is 32.6 Å². The van der Waals surface area contributed by atoms with Crippen molar-refractivity contribution in [3.8, 4) is 5.75 Å². The lowest BCUT2D eigenvalue weighted by molar-refractivity contribution is 0.101. The molecule has 0 radical (unpaired) electrons. The van der Waals surface area contributed by atoms with E-state index in [4.69, 9.17) is 4.74 Å². The predicted molar refractivity (Wildman–Crippen MR) is 92.9 cm³/mol. The molecule has 0 aromatic heterocycles. The van der Waals surface area contributed by atoms with E-state index in [1.807, 2.05) is 0 Å². The van der Waals surface area contributed by atoms with E-state index in [9.17, 15) is 22.0 Å². The van der Waals surface area contributed by atoms with Gasteiger partial charge in [-0.3, -0.25) is 9.00 Å². The molecule has 2 aromatic carbocycles. The van der Waals surface area contributed by atoms with Crippen LogP contribution in [0.15, 0.2) is 47.4 Å². The quantitative estimate of drug-likeness (QED) is 0.579. The first-order valence-electron chi connectivity index (χ1n) is 7.10. The average Bonchev–Trinajstić information content (AvgIpc) is 2.52. The van der Waals surface area contributed by atoms with E-state index in [2.05, 4.69) is 4.72 Å². The van der Waals surface area contributed by atoms with Gasteiger partial charge in [0.25, 0.3) is 0 Å². The fourth-order valence-electron chi connectivity index (χ4n) is 2.15. The Bertz CT molecular complexity index is 924. The summed E-state index contributed by atoms with van der Waals surface area (Å²) in [5.41, 5.74) is 1.03. The Balaban J connectivity index is 2.35. The smallest absolute Gasteiger partial charge is 0.179 e. The number of carbonyl (C=O) groups is 1. The molecule has 0 fully saturated rings. The fourth-order valence-corrected chi connectivity index (χ4v) is 3.35. The Morgan fingerprint density at radius 3 is 2.52 bits per heavy atom. The van der Waals surface area contributed by atoms with E-state index in [0.717, 1.165) is 6.26 Å². The van der Waals surface area contributed by atoms with Crippen molar-refractivity contribution < 1.29 is 26.7 Å². The largest absolute Gasteiger partial charge is 0.755 e. The maximum atomic E-state index is 11.8. The lowest BCUT2D eigenvalue weighted by atomic mass is 10.1. The lowest BCUT2D eigenvalue weighted by Crippen LogP contribution is -2.09. The predicted octanol–water partition coefficient (Wildman–Crippen LogP) is 2.08. The number of hydrogen-bond acceptors (Lipinski definition) is 6. The molecular weight excluding hydrogens is 366 g/mol. The Hall–Kier alpha value is -2.23. The van der Waals surface area contributed by atoms with Gasteiger partial charge in [0, 0.05) is 28.6 Å². The molecule has 0 aliphatic heterocycles. The van der Waals surface area contributed by atoms with Crippen molar-refractivity contribution in [2.45, 2.75) is 18.4 Å². The van der Waals surface area contributed by atoms with Crippen molar-refractivity contribution in [3.63, 3.8) is 0 Å². The minimum atomic E-state index is -3.48. The standard InChI is InChI=1S/C16H17NO6S2/c1-11(18)12-7-8-14(17-24(19)20)13(9-12)10-23-15-5-3-4-6-16(15)25(2,21)22/h3-9,17H,10H2,1-2H3,(H,19,20)/p-1. The number of para-hydroxylation sites is 1. The van der Waals surface area contributed by atoms with Crippen molar-refractivity contribution in [1.29, 1.82) is 0 Å². The molecule has 9 heteroatoms. The fraction of sp³-hybridized carbons (Fsp3) is 0.188. The molecular formula is C16H16NO6S2-. The van der Waals surface area contributed by atoms with Crippen LogP contribution in [0.25, 0.3) is 0 Å². The SMILES string of the molecule is CC(=O)c1ccc(NS(=O)[O-])c(COc2ccccc2S(C)(=O)=O)c1. The number of carbonyl (C=O) groups excluding carboxylic acids is 1. The highest BCUT2D eigenvalue weighted by Crippen LogP contribution is 2.26. The summed E-state index contributed by atoms with van der Waals surface area (Å²) in [6.07, 6.45) is 1.07. The van der Waals surface area contributed by atoms with E-state index in [1.165, 1.54) is 37.3 Å². The Kier molecular flexibility index (Phi) is 5.93. The highest BCUT2D eigenvalue weighted by Gasteiger charge is 2.15. The van der Waals surface area contributed by atoms with Crippen LogP contribution in [0.2, 0.25) is 0 Å². The molecule has 1 unspecified atom stereocenters. The summed E-state index contributed by atoms with van der Waals surface area (Å²) in [5.74, 6) is -0.0417. The molecule has 1 atom stereocenters. The number of ether oxygens (including phenoxy) is 1. The average molecular weight is 382 g/mol. The molecule has 2 rings (SSSR count). The van der Waals surface area contributed by atoms with Crippen LogP contribution in [-0.4, -0.2) is 29.2 Å². The van der Waals surface area contributed by atoms with Gasteiger partial charge in [0.1, 0.15) is 17.3 Å². The van der Waals surface area contributed by atoms with Gasteiger partial charge in [-0.25, -0.2) is 8.42 Å². The van der Waals surface area contributed by atoms with Gasteiger partial charge in [-0.1, -0.05) is 12.1 Å². The van der Waals surface area contributed by atoms with Crippen LogP contribution in [-0.2, 0) is 27.7 Å². The Labute approximate surface area is 148 Å². The second-order valence-corrected chi connectivity index (χ2v) is 7.93. The zero-order valence-corrected chi connectivity index (χ0v) is 15.1. The van der Waals surface area contributed by atoms with Gasteiger partial charge < -0.3 is 14.0 Å². The minimum absolute atomic E-state index is 0.0274. The third-order valence-electron chi connectivity index (χ3n) is 3.34. The van der Waals surface area contributed by atoms with Gasteiger partial charge in [0.15, 0.2) is 15.6 Å². The highest BCUT2D eigenvalue weighted by atomic mass is 32.2. The van der Waals surface area contributed by atoms with Gasteiger partial charge in [-0.2, -0.15) is 0 Å². The number of benzene rings is 2. The maximum absolute atomic E-state index is 11.8. The van der Waals surface area contributed by atoms with Gasteiger partial charge in [-0.15, -0.1) is 0 Å². The third kappa shape index (κ3) is 5.12. The summed E-state index contributed by atoms with van der Waals surface area (Å²) in [5, 5.41) is 0. The minimum Gasteiger partial charge on any atom is -0.755 e. The van der Waals surface area contributed by atoms with Crippen molar-refractivity contribution in [2.24, 2.45) is 0 Å². The highest BCUT2D eigenvalue weighted by molar-refractivity contribution is 7.90. The lowest BCUT2D eigenvalue weighted by Gasteiger charge is -2.16. The van der Waals surface area contributed by atoms with Crippen LogP contribution in [0, 0.1) is 0 Å². The molecule has 2 aromatic rings. The third-order valence-corrected chi connectivity index (χ3v) is 4.86. The van der Waals surface area contributed by atoms with Crippen LogP contribution in [0.1, 0.15) is 22.8 Å². The van der Waals surface area contributed by atoms with Crippen LogP contribution in [0.3, 0.4) is 0 Å². The number of sulfone groups is 1. The van der Waals surface area contributed by atoms with E-state index >= 15 is 0 Å².